The highest BCUT2D eigenvalue weighted by Crippen LogP contribution is 2.44. The maximum absolute atomic E-state index is 14.8. The molecule has 11 heteroatoms. The van der Waals surface area contributed by atoms with Crippen LogP contribution in [0.3, 0.4) is 0 Å². The summed E-state index contributed by atoms with van der Waals surface area (Å²) in [4.78, 5) is 27.3. The number of rotatable bonds is 4. The molecule has 0 aromatic carbocycles. The molecule has 0 amide bonds. The maximum Gasteiger partial charge on any atom is 0.509 e. The standard InChI is InChI=1S/C15H21F2N3O6/c1-14(2,3)26-13(23)25-10-8(7-21)24-11(15(10,16)17)20-6-5-9(18-4)19-12(20)22/h5-6,8,10-11,21H,7H2,1-4H3,(H,18,19,22)/t8-,10-,11?/m1/s1. The van der Waals surface area contributed by atoms with Crippen molar-refractivity contribution in [1.82, 2.24) is 9.55 Å². The van der Waals surface area contributed by atoms with Crippen LogP contribution in [0.1, 0.15) is 27.0 Å². The average molecular weight is 377 g/mol. The molecule has 1 aliphatic heterocycles. The second-order valence-electron chi connectivity index (χ2n) is 6.64. The lowest BCUT2D eigenvalue weighted by atomic mass is 10.1. The summed E-state index contributed by atoms with van der Waals surface area (Å²) in [5, 5.41) is 11.9. The summed E-state index contributed by atoms with van der Waals surface area (Å²) in [7, 11) is 1.51. The third-order valence-corrected chi connectivity index (χ3v) is 3.48. The molecule has 1 unspecified atom stereocenters. The van der Waals surface area contributed by atoms with Gasteiger partial charge < -0.3 is 24.6 Å². The molecule has 0 aliphatic carbocycles. The number of nitrogens with one attached hydrogen (secondary N) is 1. The second kappa shape index (κ2) is 7.16. The lowest BCUT2D eigenvalue weighted by Gasteiger charge is -2.25. The van der Waals surface area contributed by atoms with Crippen molar-refractivity contribution in [1.29, 1.82) is 0 Å². The van der Waals surface area contributed by atoms with E-state index in [0.29, 0.717) is 4.57 Å². The second-order valence-corrected chi connectivity index (χ2v) is 6.64. The minimum Gasteiger partial charge on any atom is -0.429 e. The lowest BCUT2D eigenvalue weighted by molar-refractivity contribution is -0.149. The number of halogens is 2. The molecule has 0 bridgehead atoms. The molecule has 0 spiro atoms. The Morgan fingerprint density at radius 2 is 2.15 bits per heavy atom. The van der Waals surface area contributed by atoms with Gasteiger partial charge in [0.15, 0.2) is 0 Å². The zero-order valence-corrected chi connectivity index (χ0v) is 14.7. The first-order valence-corrected chi connectivity index (χ1v) is 7.80. The number of carbonyl (C=O) groups is 1. The van der Waals surface area contributed by atoms with Gasteiger partial charge in [-0.25, -0.2) is 9.59 Å². The van der Waals surface area contributed by atoms with Crippen LogP contribution in [-0.4, -0.2) is 58.2 Å². The number of ether oxygens (including phenoxy) is 3. The number of aliphatic hydroxyl groups excluding tert-OH is 1. The number of carbonyl (C=O) groups excluding carboxylic acids is 1. The van der Waals surface area contributed by atoms with Crippen molar-refractivity contribution >= 4 is 12.0 Å². The van der Waals surface area contributed by atoms with E-state index in [9.17, 15) is 23.5 Å². The highest BCUT2D eigenvalue weighted by atomic mass is 19.3. The molecule has 9 nitrogen and oxygen atoms in total. The van der Waals surface area contributed by atoms with Crippen molar-refractivity contribution in [3.05, 3.63) is 22.7 Å². The Labute approximate surface area is 147 Å². The molecule has 1 fully saturated rings. The summed E-state index contributed by atoms with van der Waals surface area (Å²) in [6.45, 7) is 3.77. The molecule has 26 heavy (non-hydrogen) atoms. The van der Waals surface area contributed by atoms with E-state index < -0.39 is 48.4 Å². The summed E-state index contributed by atoms with van der Waals surface area (Å²) in [5.41, 5.74) is -1.94. The SMILES string of the molecule is CNc1ccn(C2O[C@H](CO)[C@@H](OC(=O)OC(C)(C)C)C2(F)F)c(=O)n1. The van der Waals surface area contributed by atoms with Crippen LogP contribution < -0.4 is 11.0 Å². The van der Waals surface area contributed by atoms with Crippen LogP contribution in [0.4, 0.5) is 19.4 Å². The third kappa shape index (κ3) is 4.10. The fourth-order valence-electron chi connectivity index (χ4n) is 2.37. The highest BCUT2D eigenvalue weighted by molar-refractivity contribution is 5.61. The van der Waals surface area contributed by atoms with Gasteiger partial charge in [0, 0.05) is 13.2 Å². The summed E-state index contributed by atoms with van der Waals surface area (Å²) >= 11 is 0. The molecule has 0 radical (unpaired) electrons. The van der Waals surface area contributed by atoms with E-state index in [1.807, 2.05) is 0 Å². The summed E-state index contributed by atoms with van der Waals surface area (Å²) < 4.78 is 44.8. The zero-order chi connectivity index (χ0) is 19.7. The smallest absolute Gasteiger partial charge is 0.429 e. The van der Waals surface area contributed by atoms with E-state index in [-0.39, 0.29) is 5.82 Å². The number of hydrogen-bond donors (Lipinski definition) is 2. The van der Waals surface area contributed by atoms with Gasteiger partial charge >= 0.3 is 17.8 Å². The Morgan fingerprint density at radius 3 is 2.65 bits per heavy atom. The van der Waals surface area contributed by atoms with Gasteiger partial charge in [-0.05, 0) is 26.8 Å². The number of alkyl halides is 2. The van der Waals surface area contributed by atoms with Crippen molar-refractivity contribution in [2.45, 2.75) is 50.7 Å². The topological polar surface area (TPSA) is 112 Å². The molecule has 3 atom stereocenters. The van der Waals surface area contributed by atoms with Gasteiger partial charge in [-0.2, -0.15) is 13.8 Å². The van der Waals surface area contributed by atoms with Crippen LogP contribution >= 0.6 is 0 Å². The molecule has 2 N–H and O–H groups in total. The molecule has 2 heterocycles. The fourth-order valence-corrected chi connectivity index (χ4v) is 2.37. The van der Waals surface area contributed by atoms with Crippen LogP contribution in [0.5, 0.6) is 0 Å². The Morgan fingerprint density at radius 1 is 1.50 bits per heavy atom. The number of nitrogens with zero attached hydrogens (tertiary/aromatic N) is 2. The van der Waals surface area contributed by atoms with Gasteiger partial charge in [-0.15, -0.1) is 0 Å². The van der Waals surface area contributed by atoms with Gasteiger partial charge in [-0.1, -0.05) is 0 Å². The van der Waals surface area contributed by atoms with Gasteiger partial charge in [0.25, 0.3) is 0 Å². The highest BCUT2D eigenvalue weighted by Gasteiger charge is 2.62. The van der Waals surface area contributed by atoms with E-state index in [0.717, 1.165) is 6.20 Å². The lowest BCUT2D eigenvalue weighted by Crippen LogP contribution is -2.45. The predicted molar refractivity (Wildman–Crippen MR) is 85.1 cm³/mol. The normalized spacial score (nSPS) is 25.0. The quantitative estimate of drug-likeness (QED) is 0.751. The van der Waals surface area contributed by atoms with Gasteiger partial charge in [0.05, 0.1) is 6.61 Å². The molecule has 1 aliphatic rings. The molecule has 1 saturated heterocycles. The van der Waals surface area contributed by atoms with Gasteiger partial charge in [-0.3, -0.25) is 4.57 Å². The third-order valence-electron chi connectivity index (χ3n) is 3.48. The fraction of sp³-hybridized carbons (Fsp3) is 0.667. The minimum absolute atomic E-state index is 0.188. The van der Waals surface area contributed by atoms with E-state index in [4.69, 9.17) is 14.2 Å². The van der Waals surface area contributed by atoms with Gasteiger partial charge in [0.2, 0.25) is 12.3 Å². The summed E-state index contributed by atoms with van der Waals surface area (Å²) in [6, 6.07) is 1.30. The van der Waals surface area contributed by atoms with Crippen molar-refractivity contribution in [2.75, 3.05) is 19.0 Å². The first-order chi connectivity index (χ1) is 12.0. The number of aromatic nitrogens is 2. The molecule has 0 saturated carbocycles. The van der Waals surface area contributed by atoms with E-state index in [2.05, 4.69) is 10.3 Å². The van der Waals surface area contributed by atoms with Crippen LogP contribution in [-0.2, 0) is 14.2 Å². The van der Waals surface area contributed by atoms with Crippen molar-refractivity contribution in [3.8, 4) is 0 Å². The Bertz CT molecular complexity index is 718. The van der Waals surface area contributed by atoms with Crippen molar-refractivity contribution in [2.24, 2.45) is 0 Å². The van der Waals surface area contributed by atoms with E-state index in [1.165, 1.54) is 13.1 Å². The van der Waals surface area contributed by atoms with Crippen molar-refractivity contribution in [3.63, 3.8) is 0 Å². The number of aliphatic hydroxyl groups is 1. The van der Waals surface area contributed by atoms with Crippen LogP contribution in [0.15, 0.2) is 17.1 Å². The molecular weight excluding hydrogens is 356 g/mol. The average Bonchev–Trinajstić information content (AvgIpc) is 2.76. The minimum atomic E-state index is -3.81. The molecule has 2 rings (SSSR count). The van der Waals surface area contributed by atoms with Crippen molar-refractivity contribution < 1.29 is 32.9 Å². The molecular formula is C15H21F2N3O6. The Hall–Kier alpha value is -2.27. The molecule has 1 aromatic rings. The number of anilines is 1. The largest absolute Gasteiger partial charge is 0.509 e. The summed E-state index contributed by atoms with van der Waals surface area (Å²) in [6.07, 6.45) is -6.04. The Balaban J connectivity index is 2.29. The van der Waals surface area contributed by atoms with E-state index >= 15 is 0 Å². The molecule has 1 aromatic heterocycles. The van der Waals surface area contributed by atoms with Crippen LogP contribution in [0.2, 0.25) is 0 Å². The first-order valence-electron chi connectivity index (χ1n) is 7.80. The summed E-state index contributed by atoms with van der Waals surface area (Å²) in [5.74, 6) is -3.62. The van der Waals surface area contributed by atoms with E-state index in [1.54, 1.807) is 20.8 Å². The van der Waals surface area contributed by atoms with Gasteiger partial charge in [0.1, 0.15) is 17.5 Å². The Kier molecular flexibility index (Phi) is 5.52. The monoisotopic (exact) mass is 377 g/mol. The predicted octanol–water partition coefficient (Wildman–Crippen LogP) is 1.13. The maximum atomic E-state index is 14.8. The van der Waals surface area contributed by atoms with Crippen LogP contribution in [0.25, 0.3) is 0 Å². The van der Waals surface area contributed by atoms with Crippen LogP contribution in [0, 0.1) is 0 Å². The zero-order valence-electron chi connectivity index (χ0n) is 14.7. The first kappa shape index (κ1) is 20.0. The number of hydrogen-bond acceptors (Lipinski definition) is 8. The molecule has 146 valence electrons.